The molecule has 1 aliphatic rings. The number of likely N-dealkylation sites (tertiary alicyclic amines) is 1. The number of rotatable bonds is 4. The zero-order valence-electron chi connectivity index (χ0n) is 12.3. The van der Waals surface area contributed by atoms with E-state index in [1.807, 2.05) is 34.1 Å². The average Bonchev–Trinajstić information content (AvgIpc) is 2.47. The smallest absolute Gasteiger partial charge is 0.320 e. The second-order valence-corrected chi connectivity index (χ2v) is 5.50. The number of hydrogen-bond acceptors (Lipinski definition) is 2. The van der Waals surface area contributed by atoms with Crippen LogP contribution in [0.1, 0.15) is 38.2 Å². The van der Waals surface area contributed by atoms with Gasteiger partial charge in [0.2, 0.25) is 0 Å². The van der Waals surface area contributed by atoms with Gasteiger partial charge in [0.1, 0.15) is 0 Å². The molecule has 1 aliphatic heterocycles. The van der Waals surface area contributed by atoms with Gasteiger partial charge >= 0.3 is 6.03 Å². The van der Waals surface area contributed by atoms with Crippen molar-refractivity contribution in [2.75, 3.05) is 25.4 Å². The van der Waals surface area contributed by atoms with Crippen LogP contribution in [0.15, 0.2) is 24.3 Å². The maximum atomic E-state index is 12.6. The molecule has 0 unspecified atom stereocenters. The maximum Gasteiger partial charge on any atom is 0.320 e. The highest BCUT2D eigenvalue weighted by Crippen LogP contribution is 2.15. The molecule has 2 rings (SSSR count). The van der Waals surface area contributed by atoms with Gasteiger partial charge in [-0.05, 0) is 43.4 Å². The number of nitrogens with two attached hydrogens (primary N) is 1. The molecule has 4 nitrogen and oxygen atoms in total. The molecule has 0 aliphatic carbocycles. The van der Waals surface area contributed by atoms with E-state index in [-0.39, 0.29) is 6.03 Å². The molecule has 0 saturated carbocycles. The van der Waals surface area contributed by atoms with Gasteiger partial charge in [0.25, 0.3) is 0 Å². The molecule has 0 radical (unpaired) electrons. The fourth-order valence-corrected chi connectivity index (χ4v) is 2.71. The van der Waals surface area contributed by atoms with Gasteiger partial charge in [0.05, 0.1) is 0 Å². The number of anilines is 1. The van der Waals surface area contributed by atoms with Crippen LogP contribution in [-0.2, 0) is 6.54 Å². The van der Waals surface area contributed by atoms with E-state index in [0.717, 1.165) is 50.1 Å². The molecule has 2 amide bonds. The first-order chi connectivity index (χ1) is 9.70. The summed E-state index contributed by atoms with van der Waals surface area (Å²) in [5.41, 5.74) is 7.67. The Labute approximate surface area is 121 Å². The molecule has 2 N–H and O–H groups in total. The summed E-state index contributed by atoms with van der Waals surface area (Å²) in [6, 6.07) is 7.98. The van der Waals surface area contributed by atoms with Crippen molar-refractivity contribution in [2.24, 2.45) is 0 Å². The predicted octanol–water partition coefficient (Wildman–Crippen LogP) is 3.09. The lowest BCUT2D eigenvalue weighted by atomic mass is 10.1. The topological polar surface area (TPSA) is 49.6 Å². The number of benzene rings is 1. The Morgan fingerprint density at radius 2 is 2.05 bits per heavy atom. The summed E-state index contributed by atoms with van der Waals surface area (Å²) < 4.78 is 0. The van der Waals surface area contributed by atoms with Gasteiger partial charge in [-0.3, -0.25) is 0 Å². The van der Waals surface area contributed by atoms with Crippen LogP contribution in [0.25, 0.3) is 0 Å². The Bertz CT molecular complexity index is 441. The third kappa shape index (κ3) is 3.89. The molecule has 0 atom stereocenters. The van der Waals surface area contributed by atoms with Crippen LogP contribution in [0.5, 0.6) is 0 Å². The van der Waals surface area contributed by atoms with Crippen molar-refractivity contribution in [3.05, 3.63) is 29.8 Å². The van der Waals surface area contributed by atoms with Crippen LogP contribution in [-0.4, -0.2) is 35.5 Å². The summed E-state index contributed by atoms with van der Waals surface area (Å²) in [5.74, 6) is 0. The van der Waals surface area contributed by atoms with Crippen LogP contribution < -0.4 is 5.73 Å². The van der Waals surface area contributed by atoms with Crippen LogP contribution in [0.4, 0.5) is 10.5 Å². The molecule has 1 heterocycles. The molecule has 0 aromatic heterocycles. The van der Waals surface area contributed by atoms with Gasteiger partial charge < -0.3 is 15.5 Å². The first kappa shape index (κ1) is 14.7. The van der Waals surface area contributed by atoms with E-state index in [2.05, 4.69) is 6.92 Å². The normalized spacial score (nSPS) is 15.2. The predicted molar refractivity (Wildman–Crippen MR) is 82.4 cm³/mol. The summed E-state index contributed by atoms with van der Waals surface area (Å²) >= 11 is 0. The highest BCUT2D eigenvalue weighted by atomic mass is 16.2. The maximum absolute atomic E-state index is 12.6. The number of urea groups is 1. The molecule has 1 aromatic carbocycles. The van der Waals surface area contributed by atoms with Crippen molar-refractivity contribution in [2.45, 2.75) is 39.2 Å². The molecular weight excluding hydrogens is 250 g/mol. The van der Waals surface area contributed by atoms with E-state index in [1.54, 1.807) is 0 Å². The number of amides is 2. The molecular formula is C16H25N3O. The second-order valence-electron chi connectivity index (χ2n) is 5.50. The van der Waals surface area contributed by atoms with E-state index in [1.165, 1.54) is 6.42 Å². The molecule has 0 spiro atoms. The lowest BCUT2D eigenvalue weighted by Crippen LogP contribution is -2.45. The van der Waals surface area contributed by atoms with Gasteiger partial charge in [-0.25, -0.2) is 4.79 Å². The molecule has 0 bridgehead atoms. The summed E-state index contributed by atoms with van der Waals surface area (Å²) in [5, 5.41) is 0. The number of carbonyl (C=O) groups is 1. The van der Waals surface area contributed by atoms with Crippen molar-refractivity contribution in [3.8, 4) is 0 Å². The molecule has 4 heteroatoms. The minimum atomic E-state index is 0.175. The summed E-state index contributed by atoms with van der Waals surface area (Å²) in [7, 11) is 0. The van der Waals surface area contributed by atoms with Gasteiger partial charge in [-0.2, -0.15) is 0 Å². The highest BCUT2D eigenvalue weighted by Gasteiger charge is 2.22. The molecule has 1 fully saturated rings. The van der Waals surface area contributed by atoms with E-state index < -0.39 is 0 Å². The largest absolute Gasteiger partial charge is 0.399 e. The fraction of sp³-hybridized carbons (Fsp3) is 0.562. The van der Waals surface area contributed by atoms with Crippen LogP contribution in [0, 0.1) is 0 Å². The lowest BCUT2D eigenvalue weighted by molar-refractivity contribution is 0.141. The van der Waals surface area contributed by atoms with Crippen molar-refractivity contribution in [1.82, 2.24) is 9.80 Å². The molecule has 1 saturated heterocycles. The minimum Gasteiger partial charge on any atom is -0.399 e. The van der Waals surface area contributed by atoms with Gasteiger partial charge in [-0.15, -0.1) is 0 Å². The Balaban J connectivity index is 2.03. The van der Waals surface area contributed by atoms with Crippen LogP contribution in [0.3, 0.4) is 0 Å². The van der Waals surface area contributed by atoms with Gasteiger partial charge in [-0.1, -0.05) is 19.1 Å². The monoisotopic (exact) mass is 275 g/mol. The Morgan fingerprint density at radius 3 is 2.70 bits per heavy atom. The van der Waals surface area contributed by atoms with E-state index in [4.69, 9.17) is 5.73 Å². The highest BCUT2D eigenvalue weighted by molar-refractivity contribution is 5.74. The van der Waals surface area contributed by atoms with Gasteiger partial charge in [0.15, 0.2) is 0 Å². The molecule has 1 aromatic rings. The van der Waals surface area contributed by atoms with Crippen molar-refractivity contribution in [3.63, 3.8) is 0 Å². The third-order valence-corrected chi connectivity index (χ3v) is 3.72. The molecule has 20 heavy (non-hydrogen) atoms. The second kappa shape index (κ2) is 7.17. The average molecular weight is 275 g/mol. The zero-order valence-corrected chi connectivity index (χ0v) is 12.3. The quantitative estimate of drug-likeness (QED) is 0.858. The van der Waals surface area contributed by atoms with Crippen molar-refractivity contribution >= 4 is 11.7 Å². The lowest BCUT2D eigenvalue weighted by Gasteiger charge is -2.33. The SMILES string of the molecule is CCCN(Cc1cccc(N)c1)C(=O)N1CCCCC1. The first-order valence-electron chi connectivity index (χ1n) is 7.59. The number of nitrogen functional groups attached to an aromatic ring is 1. The molecule has 110 valence electrons. The van der Waals surface area contributed by atoms with E-state index in [9.17, 15) is 4.79 Å². The first-order valence-corrected chi connectivity index (χ1v) is 7.59. The number of piperidine rings is 1. The summed E-state index contributed by atoms with van der Waals surface area (Å²) in [6.07, 6.45) is 4.47. The standard InChI is InChI=1S/C16H25N3O/c1-2-9-19(13-14-7-6-8-15(17)12-14)16(20)18-10-4-3-5-11-18/h6-8,12H,2-5,9-11,13,17H2,1H3. The van der Waals surface area contributed by atoms with Crippen molar-refractivity contribution < 1.29 is 4.79 Å². The number of hydrogen-bond donors (Lipinski definition) is 1. The zero-order chi connectivity index (χ0) is 14.4. The Morgan fingerprint density at radius 1 is 1.30 bits per heavy atom. The van der Waals surface area contributed by atoms with Crippen LogP contribution >= 0.6 is 0 Å². The summed E-state index contributed by atoms with van der Waals surface area (Å²) in [4.78, 5) is 16.5. The van der Waals surface area contributed by atoms with E-state index >= 15 is 0 Å². The Kier molecular flexibility index (Phi) is 5.27. The third-order valence-electron chi connectivity index (χ3n) is 3.72. The number of carbonyl (C=O) groups excluding carboxylic acids is 1. The Hall–Kier alpha value is -1.71. The van der Waals surface area contributed by atoms with E-state index in [0.29, 0.717) is 6.54 Å². The fourth-order valence-electron chi connectivity index (χ4n) is 2.71. The van der Waals surface area contributed by atoms with Crippen LogP contribution in [0.2, 0.25) is 0 Å². The van der Waals surface area contributed by atoms with Gasteiger partial charge in [0, 0.05) is 31.9 Å². The van der Waals surface area contributed by atoms with Crippen molar-refractivity contribution in [1.29, 1.82) is 0 Å². The number of nitrogens with zero attached hydrogens (tertiary/aromatic N) is 2. The minimum absolute atomic E-state index is 0.175. The summed E-state index contributed by atoms with van der Waals surface area (Å²) in [6.45, 7) is 5.35.